The summed E-state index contributed by atoms with van der Waals surface area (Å²) < 4.78 is 0. The van der Waals surface area contributed by atoms with Gasteiger partial charge in [0.25, 0.3) is 5.91 Å². The fourth-order valence-electron chi connectivity index (χ4n) is 2.94. The van der Waals surface area contributed by atoms with Crippen molar-refractivity contribution in [3.05, 3.63) is 65.9 Å². The van der Waals surface area contributed by atoms with Gasteiger partial charge in [0.2, 0.25) is 0 Å². The van der Waals surface area contributed by atoms with E-state index in [1.165, 1.54) is 11.6 Å². The van der Waals surface area contributed by atoms with Gasteiger partial charge in [0.1, 0.15) is 5.82 Å². The van der Waals surface area contributed by atoms with Crippen molar-refractivity contribution in [3.63, 3.8) is 0 Å². The lowest BCUT2D eigenvalue weighted by Gasteiger charge is -2.17. The minimum absolute atomic E-state index is 0. The monoisotopic (exact) mass is 410 g/mol. The van der Waals surface area contributed by atoms with Crippen LogP contribution in [-0.4, -0.2) is 40.1 Å². The number of nitrogens with one attached hydrogen (secondary N) is 2. The number of carbonyl (C=O) groups excluding carboxylic acids is 1. The number of aromatic nitrogens is 1. The Hall–Kier alpha value is -2.12. The number of benzene rings is 1. The van der Waals surface area contributed by atoms with E-state index in [-0.39, 0.29) is 24.8 Å². The molecule has 1 aliphatic rings. The van der Waals surface area contributed by atoms with Crippen molar-refractivity contribution in [1.82, 2.24) is 15.4 Å². The minimum Gasteiger partial charge on any atom is -0.366 e. The van der Waals surface area contributed by atoms with Crippen LogP contribution in [0.1, 0.15) is 17.5 Å². The minimum atomic E-state index is -0.563. The lowest BCUT2D eigenvalue weighted by molar-refractivity contribution is -0.124. The van der Waals surface area contributed by atoms with Gasteiger partial charge in [-0.25, -0.2) is 10.5 Å². The van der Waals surface area contributed by atoms with Gasteiger partial charge in [-0.1, -0.05) is 30.3 Å². The molecule has 0 spiro atoms. The maximum absolute atomic E-state index is 11.0. The van der Waals surface area contributed by atoms with E-state index >= 15 is 0 Å². The zero-order valence-electron chi connectivity index (χ0n) is 14.7. The molecule has 3 N–H and O–H groups in total. The van der Waals surface area contributed by atoms with E-state index in [0.29, 0.717) is 6.04 Å². The van der Waals surface area contributed by atoms with Crippen LogP contribution in [0.2, 0.25) is 0 Å². The summed E-state index contributed by atoms with van der Waals surface area (Å²) in [6.07, 6.45) is 5.63. The van der Waals surface area contributed by atoms with Crippen molar-refractivity contribution in [2.45, 2.75) is 19.0 Å². The summed E-state index contributed by atoms with van der Waals surface area (Å²) >= 11 is 0. The zero-order chi connectivity index (χ0) is 17.5. The Labute approximate surface area is 171 Å². The first-order valence-electron chi connectivity index (χ1n) is 8.34. The van der Waals surface area contributed by atoms with E-state index in [0.717, 1.165) is 37.4 Å². The van der Waals surface area contributed by atoms with Crippen molar-refractivity contribution in [3.8, 4) is 0 Å². The number of likely N-dealkylation sites (tertiary alicyclic amines) is 1. The molecule has 2 heterocycles. The molecule has 1 atom stereocenters. The van der Waals surface area contributed by atoms with Gasteiger partial charge in [-0.15, -0.1) is 24.8 Å². The highest BCUT2D eigenvalue weighted by Gasteiger charge is 2.22. The quantitative estimate of drug-likeness (QED) is 0.387. The molecule has 0 radical (unpaired) electrons. The van der Waals surface area contributed by atoms with Crippen molar-refractivity contribution in [1.29, 1.82) is 0 Å². The average molecular weight is 411 g/mol. The highest BCUT2D eigenvalue weighted by atomic mass is 35.5. The number of anilines is 1. The van der Waals surface area contributed by atoms with E-state index in [2.05, 4.69) is 39.5 Å². The lowest BCUT2D eigenvalue weighted by atomic mass is 10.2. The molecule has 1 amide bonds. The molecule has 1 aromatic carbocycles. The van der Waals surface area contributed by atoms with Crippen LogP contribution < -0.4 is 10.8 Å². The van der Waals surface area contributed by atoms with Crippen molar-refractivity contribution < 1.29 is 10.0 Å². The normalized spacial score (nSPS) is 16.4. The summed E-state index contributed by atoms with van der Waals surface area (Å²) in [6, 6.07) is 14.7. The smallest absolute Gasteiger partial charge is 0.267 e. The fourth-order valence-corrected chi connectivity index (χ4v) is 2.94. The molecule has 0 aliphatic carbocycles. The Balaban J connectivity index is 0.00000182. The van der Waals surface area contributed by atoms with Gasteiger partial charge in [-0.3, -0.25) is 14.9 Å². The lowest BCUT2D eigenvalue weighted by Crippen LogP contribution is -2.26. The molecule has 3 rings (SSSR count). The van der Waals surface area contributed by atoms with Crippen LogP contribution in [0, 0.1) is 0 Å². The van der Waals surface area contributed by atoms with Crippen molar-refractivity contribution in [2.24, 2.45) is 0 Å². The highest BCUT2D eigenvalue weighted by molar-refractivity contribution is 5.90. The number of nitrogens with zero attached hydrogens (tertiary/aromatic N) is 2. The molecule has 0 bridgehead atoms. The third kappa shape index (κ3) is 7.19. The maximum atomic E-state index is 11.0. The first-order chi connectivity index (χ1) is 12.2. The number of hydrogen-bond donors (Lipinski definition) is 3. The van der Waals surface area contributed by atoms with Crippen LogP contribution in [0.4, 0.5) is 5.82 Å². The Morgan fingerprint density at radius 1 is 1.22 bits per heavy atom. The summed E-state index contributed by atoms with van der Waals surface area (Å²) in [5, 5.41) is 11.9. The average Bonchev–Trinajstić information content (AvgIpc) is 3.08. The molecule has 1 aliphatic heterocycles. The number of hydroxylamine groups is 1. The Kier molecular flexibility index (Phi) is 9.82. The summed E-state index contributed by atoms with van der Waals surface area (Å²) in [5.41, 5.74) is 3.69. The number of carbonyl (C=O) groups is 1. The largest absolute Gasteiger partial charge is 0.366 e. The number of rotatable bonds is 6. The molecular weight excluding hydrogens is 387 g/mol. The SMILES string of the molecule is Cl.Cl.O=C(C=Cc1ccc(N[C@@H]2CCN(Cc3ccccc3)C2)nc1)NO. The van der Waals surface area contributed by atoms with E-state index in [1.807, 2.05) is 18.2 Å². The molecule has 0 unspecified atom stereocenters. The van der Waals surface area contributed by atoms with Gasteiger partial charge in [0, 0.05) is 37.9 Å². The third-order valence-corrected chi connectivity index (χ3v) is 4.20. The van der Waals surface area contributed by atoms with Crippen LogP contribution in [0.15, 0.2) is 54.7 Å². The van der Waals surface area contributed by atoms with Crippen LogP contribution >= 0.6 is 24.8 Å². The second-order valence-electron chi connectivity index (χ2n) is 6.14. The fraction of sp³-hybridized carbons (Fsp3) is 0.263. The maximum Gasteiger partial charge on any atom is 0.267 e. The number of halogens is 2. The van der Waals surface area contributed by atoms with E-state index in [9.17, 15) is 4.79 Å². The molecular formula is C19H24Cl2N4O2. The molecule has 2 aromatic rings. The summed E-state index contributed by atoms with van der Waals surface area (Å²) in [4.78, 5) is 17.8. The van der Waals surface area contributed by atoms with Gasteiger partial charge < -0.3 is 5.32 Å². The first kappa shape index (κ1) is 22.9. The summed E-state index contributed by atoms with van der Waals surface area (Å²) in [6.45, 7) is 3.04. The molecule has 1 aromatic heterocycles. The van der Waals surface area contributed by atoms with E-state index in [4.69, 9.17) is 5.21 Å². The zero-order valence-corrected chi connectivity index (χ0v) is 16.4. The van der Waals surface area contributed by atoms with Crippen molar-refractivity contribution in [2.75, 3.05) is 18.4 Å². The second kappa shape index (κ2) is 11.6. The van der Waals surface area contributed by atoms with Crippen LogP contribution in [0.5, 0.6) is 0 Å². The predicted octanol–water partition coefficient (Wildman–Crippen LogP) is 3.13. The summed E-state index contributed by atoms with van der Waals surface area (Å²) in [5.74, 6) is 0.266. The standard InChI is InChI=1S/C19H22N4O2.2ClH/c24-19(22-25)9-7-15-6-8-18(20-12-15)21-17-10-11-23(14-17)13-16-4-2-1-3-5-16;;/h1-9,12,17,25H,10-11,13-14H2,(H,20,21)(H,22,24);2*1H/t17-;;/m1../s1. The Morgan fingerprint density at radius 3 is 2.67 bits per heavy atom. The molecule has 146 valence electrons. The van der Waals surface area contributed by atoms with Gasteiger partial charge in [-0.2, -0.15) is 0 Å². The van der Waals surface area contributed by atoms with E-state index < -0.39 is 5.91 Å². The first-order valence-corrected chi connectivity index (χ1v) is 8.34. The van der Waals surface area contributed by atoms with Crippen LogP contribution in [0.25, 0.3) is 6.08 Å². The van der Waals surface area contributed by atoms with Crippen LogP contribution in [-0.2, 0) is 11.3 Å². The Bertz CT molecular complexity index is 726. The highest BCUT2D eigenvalue weighted by Crippen LogP contribution is 2.17. The predicted molar refractivity (Wildman–Crippen MR) is 111 cm³/mol. The summed E-state index contributed by atoms with van der Waals surface area (Å²) in [7, 11) is 0. The molecule has 6 nitrogen and oxygen atoms in total. The van der Waals surface area contributed by atoms with Gasteiger partial charge in [0.05, 0.1) is 0 Å². The van der Waals surface area contributed by atoms with Crippen LogP contribution in [0.3, 0.4) is 0 Å². The topological polar surface area (TPSA) is 77.5 Å². The Morgan fingerprint density at radius 2 is 2.00 bits per heavy atom. The van der Waals surface area contributed by atoms with E-state index in [1.54, 1.807) is 17.8 Å². The molecule has 0 saturated carbocycles. The van der Waals surface area contributed by atoms with Gasteiger partial charge in [-0.05, 0) is 35.8 Å². The second-order valence-corrected chi connectivity index (χ2v) is 6.14. The number of pyridine rings is 1. The third-order valence-electron chi connectivity index (χ3n) is 4.20. The molecule has 1 saturated heterocycles. The molecule has 1 fully saturated rings. The molecule has 27 heavy (non-hydrogen) atoms. The molecule has 8 heteroatoms. The van der Waals surface area contributed by atoms with Gasteiger partial charge in [0.15, 0.2) is 0 Å². The van der Waals surface area contributed by atoms with Gasteiger partial charge >= 0.3 is 0 Å². The number of amides is 1. The van der Waals surface area contributed by atoms with Crippen molar-refractivity contribution >= 4 is 42.6 Å². The number of hydrogen-bond acceptors (Lipinski definition) is 5.